The Kier molecular flexibility index (Phi) is 9.68. The van der Waals surface area contributed by atoms with Gasteiger partial charge in [0.1, 0.15) is 0 Å². The molecule has 7 heteroatoms. The van der Waals surface area contributed by atoms with Crippen LogP contribution in [0.25, 0.3) is 0 Å². The van der Waals surface area contributed by atoms with Gasteiger partial charge in [-0.15, -0.1) is 24.0 Å². The van der Waals surface area contributed by atoms with Gasteiger partial charge in [-0.2, -0.15) is 0 Å². The molecule has 6 nitrogen and oxygen atoms in total. The Labute approximate surface area is 192 Å². The minimum atomic E-state index is 0. The molecule has 0 aromatic heterocycles. The molecule has 2 aliphatic heterocycles. The number of piperidine rings is 1. The third-order valence-electron chi connectivity index (χ3n) is 5.86. The lowest BCUT2D eigenvalue weighted by Crippen LogP contribution is -2.50. The second-order valence-electron chi connectivity index (χ2n) is 7.94. The number of carbonyl (C=O) groups excluding carboxylic acids is 1. The van der Waals surface area contributed by atoms with E-state index in [0.717, 1.165) is 51.5 Å². The van der Waals surface area contributed by atoms with E-state index in [4.69, 9.17) is 4.74 Å². The number of guanidine groups is 1. The first kappa shape index (κ1) is 23.9. The summed E-state index contributed by atoms with van der Waals surface area (Å²) < 4.78 is 5.36. The van der Waals surface area contributed by atoms with Gasteiger partial charge in [-0.3, -0.25) is 9.79 Å². The van der Waals surface area contributed by atoms with E-state index < -0.39 is 0 Å². The van der Waals surface area contributed by atoms with Crippen molar-refractivity contribution < 1.29 is 9.53 Å². The van der Waals surface area contributed by atoms with Gasteiger partial charge < -0.3 is 19.9 Å². The van der Waals surface area contributed by atoms with Gasteiger partial charge in [0.15, 0.2) is 5.96 Å². The van der Waals surface area contributed by atoms with Crippen LogP contribution in [-0.2, 0) is 9.53 Å². The van der Waals surface area contributed by atoms with E-state index >= 15 is 0 Å². The summed E-state index contributed by atoms with van der Waals surface area (Å²) in [5.74, 6) is 1.80. The number of hydrogen-bond donors (Lipinski definition) is 1. The zero-order chi connectivity index (χ0) is 19.9. The summed E-state index contributed by atoms with van der Waals surface area (Å²) in [5, 5.41) is 3.53. The van der Waals surface area contributed by atoms with Crippen LogP contribution in [0, 0.1) is 12.8 Å². The van der Waals surface area contributed by atoms with Gasteiger partial charge in [0, 0.05) is 45.7 Å². The number of nitrogens with one attached hydrogen (secondary N) is 1. The van der Waals surface area contributed by atoms with Crippen molar-refractivity contribution in [2.24, 2.45) is 10.9 Å². The molecule has 1 aromatic carbocycles. The maximum atomic E-state index is 12.7. The number of benzene rings is 1. The molecule has 2 aliphatic rings. The van der Waals surface area contributed by atoms with Crippen LogP contribution in [0.5, 0.6) is 0 Å². The summed E-state index contributed by atoms with van der Waals surface area (Å²) in [6.07, 6.45) is 1.79. The highest BCUT2D eigenvalue weighted by atomic mass is 127. The van der Waals surface area contributed by atoms with Crippen LogP contribution in [0.3, 0.4) is 0 Å². The van der Waals surface area contributed by atoms with Crippen LogP contribution >= 0.6 is 24.0 Å². The molecule has 2 heterocycles. The fourth-order valence-corrected chi connectivity index (χ4v) is 4.05. The number of ether oxygens (including phenoxy) is 1. The minimum Gasteiger partial charge on any atom is -0.378 e. The standard InChI is InChI=1S/C22H34N4O2.HI/c1-17-5-4-6-20(15-17)18(2)16-24-22(23-3)26-9-7-19(8-10-26)21(27)25-11-13-28-14-12-25;/h4-6,15,18-19H,7-14,16H2,1-3H3,(H,23,24);1H. The maximum Gasteiger partial charge on any atom is 0.225 e. The molecule has 29 heavy (non-hydrogen) atoms. The Morgan fingerprint density at radius 1 is 1.21 bits per heavy atom. The fraction of sp³-hybridized carbons (Fsp3) is 0.636. The average molecular weight is 514 g/mol. The predicted molar refractivity (Wildman–Crippen MR) is 128 cm³/mol. The normalized spacial score (nSPS) is 19.5. The van der Waals surface area contributed by atoms with Crippen LogP contribution in [0.1, 0.15) is 36.8 Å². The monoisotopic (exact) mass is 514 g/mol. The Morgan fingerprint density at radius 3 is 2.52 bits per heavy atom. The molecule has 3 rings (SSSR count). The number of hydrogen-bond acceptors (Lipinski definition) is 3. The number of aryl methyl sites for hydroxylation is 1. The molecule has 1 N–H and O–H groups in total. The molecule has 0 aliphatic carbocycles. The highest BCUT2D eigenvalue weighted by Gasteiger charge is 2.30. The molecule has 1 unspecified atom stereocenters. The molecule has 1 aromatic rings. The Hall–Kier alpha value is -1.35. The van der Waals surface area contributed by atoms with E-state index in [-0.39, 0.29) is 29.9 Å². The number of carbonyl (C=O) groups is 1. The first-order valence-electron chi connectivity index (χ1n) is 10.5. The molecule has 1 atom stereocenters. The minimum absolute atomic E-state index is 0. The SMILES string of the molecule is CN=C(NCC(C)c1cccc(C)c1)N1CCC(C(=O)N2CCOCC2)CC1.I. The van der Waals surface area contributed by atoms with Gasteiger partial charge in [0.2, 0.25) is 5.91 Å². The number of morpholine rings is 1. The summed E-state index contributed by atoms with van der Waals surface area (Å²) in [5.41, 5.74) is 2.64. The van der Waals surface area contributed by atoms with Crippen molar-refractivity contribution in [3.8, 4) is 0 Å². The van der Waals surface area contributed by atoms with E-state index in [9.17, 15) is 4.79 Å². The lowest BCUT2D eigenvalue weighted by Gasteiger charge is -2.37. The van der Waals surface area contributed by atoms with Crippen molar-refractivity contribution in [2.45, 2.75) is 32.6 Å². The topological polar surface area (TPSA) is 57.2 Å². The Bertz CT molecular complexity index is 683. The van der Waals surface area contributed by atoms with Gasteiger partial charge in [0.05, 0.1) is 13.2 Å². The van der Waals surface area contributed by atoms with Gasteiger partial charge in [0.25, 0.3) is 0 Å². The van der Waals surface area contributed by atoms with E-state index in [0.29, 0.717) is 25.0 Å². The highest BCUT2D eigenvalue weighted by Crippen LogP contribution is 2.21. The van der Waals surface area contributed by atoms with E-state index in [1.165, 1.54) is 11.1 Å². The second-order valence-corrected chi connectivity index (χ2v) is 7.94. The maximum absolute atomic E-state index is 12.7. The zero-order valence-electron chi connectivity index (χ0n) is 17.9. The van der Waals surface area contributed by atoms with Crippen molar-refractivity contribution >= 4 is 35.8 Å². The van der Waals surface area contributed by atoms with Crippen molar-refractivity contribution in [2.75, 3.05) is 53.0 Å². The molecular formula is C22H35IN4O2. The van der Waals surface area contributed by atoms with E-state index in [2.05, 4.69) is 53.3 Å². The van der Waals surface area contributed by atoms with Crippen LogP contribution in [0.15, 0.2) is 29.3 Å². The lowest BCUT2D eigenvalue weighted by molar-refractivity contribution is -0.140. The molecule has 0 radical (unpaired) electrons. The molecule has 162 valence electrons. The quantitative estimate of drug-likeness (QED) is 0.382. The predicted octanol–water partition coefficient (Wildman–Crippen LogP) is 2.86. The molecule has 2 saturated heterocycles. The molecular weight excluding hydrogens is 479 g/mol. The smallest absolute Gasteiger partial charge is 0.225 e. The first-order chi connectivity index (χ1) is 13.6. The average Bonchev–Trinajstić information content (AvgIpc) is 2.74. The lowest BCUT2D eigenvalue weighted by atomic mass is 9.95. The van der Waals surface area contributed by atoms with Gasteiger partial charge in [-0.05, 0) is 31.2 Å². The Morgan fingerprint density at radius 2 is 1.90 bits per heavy atom. The van der Waals surface area contributed by atoms with Crippen molar-refractivity contribution in [3.63, 3.8) is 0 Å². The van der Waals surface area contributed by atoms with Crippen LogP contribution in [-0.4, -0.2) is 74.7 Å². The van der Waals surface area contributed by atoms with Gasteiger partial charge in [-0.1, -0.05) is 36.8 Å². The van der Waals surface area contributed by atoms with Crippen molar-refractivity contribution in [1.82, 2.24) is 15.1 Å². The summed E-state index contributed by atoms with van der Waals surface area (Å²) in [4.78, 5) is 21.4. The summed E-state index contributed by atoms with van der Waals surface area (Å²) >= 11 is 0. The molecule has 0 spiro atoms. The molecule has 2 fully saturated rings. The van der Waals surface area contributed by atoms with Gasteiger partial charge in [-0.25, -0.2) is 0 Å². The number of aliphatic imine (C=N–C) groups is 1. The van der Waals surface area contributed by atoms with E-state index in [1.807, 2.05) is 11.9 Å². The number of likely N-dealkylation sites (tertiary alicyclic amines) is 1. The second kappa shape index (κ2) is 11.7. The zero-order valence-corrected chi connectivity index (χ0v) is 20.2. The van der Waals surface area contributed by atoms with Crippen LogP contribution < -0.4 is 5.32 Å². The Balaban J connectivity index is 0.00000300. The highest BCUT2D eigenvalue weighted by molar-refractivity contribution is 14.0. The number of rotatable bonds is 4. The van der Waals surface area contributed by atoms with E-state index in [1.54, 1.807) is 0 Å². The fourth-order valence-electron chi connectivity index (χ4n) is 4.05. The van der Waals surface area contributed by atoms with Crippen molar-refractivity contribution in [1.29, 1.82) is 0 Å². The first-order valence-corrected chi connectivity index (χ1v) is 10.5. The number of amides is 1. The molecule has 0 bridgehead atoms. The molecule has 0 saturated carbocycles. The summed E-state index contributed by atoms with van der Waals surface area (Å²) in [6.45, 7) is 9.77. The number of halogens is 1. The van der Waals surface area contributed by atoms with Crippen LogP contribution in [0.4, 0.5) is 0 Å². The summed E-state index contributed by atoms with van der Waals surface area (Å²) in [7, 11) is 1.84. The third kappa shape index (κ3) is 6.57. The van der Waals surface area contributed by atoms with Gasteiger partial charge >= 0.3 is 0 Å². The summed E-state index contributed by atoms with van der Waals surface area (Å²) in [6, 6.07) is 8.68. The number of nitrogens with zero attached hydrogens (tertiary/aromatic N) is 3. The molecule has 1 amide bonds. The van der Waals surface area contributed by atoms with Crippen LogP contribution in [0.2, 0.25) is 0 Å². The largest absolute Gasteiger partial charge is 0.378 e. The third-order valence-corrected chi connectivity index (χ3v) is 5.86. The van der Waals surface area contributed by atoms with Crippen molar-refractivity contribution in [3.05, 3.63) is 35.4 Å².